The van der Waals surface area contributed by atoms with Crippen molar-refractivity contribution in [3.05, 3.63) is 33.8 Å². The largest absolute Gasteiger partial charge is 0.382 e. The molecule has 0 fully saturated rings. The summed E-state index contributed by atoms with van der Waals surface area (Å²) in [5, 5.41) is 10.3. The van der Waals surface area contributed by atoms with E-state index in [1.54, 1.807) is 18.2 Å². The van der Waals surface area contributed by atoms with Crippen LogP contribution in [-0.4, -0.2) is 23.2 Å². The number of aliphatic hydroxyl groups excluding tert-OH is 1. The Morgan fingerprint density at radius 3 is 2.25 bits per heavy atom. The Kier molecular flexibility index (Phi) is 4.56. The number of carbonyl (C=O) groups excluding carboxylic acids is 1. The van der Waals surface area contributed by atoms with E-state index in [4.69, 9.17) is 34.7 Å². The summed E-state index contributed by atoms with van der Waals surface area (Å²) in [5.41, 5.74) is 11.3. The van der Waals surface area contributed by atoms with Crippen molar-refractivity contribution in [1.82, 2.24) is 0 Å². The van der Waals surface area contributed by atoms with Crippen LogP contribution in [0.2, 0.25) is 10.0 Å². The van der Waals surface area contributed by atoms with E-state index in [0.29, 0.717) is 10.0 Å². The highest BCUT2D eigenvalue weighted by molar-refractivity contribution is 6.34. The molecule has 1 rings (SSSR count). The Bertz CT molecular complexity index is 378. The maximum atomic E-state index is 10.7. The molecule has 0 radical (unpaired) electrons. The molecular weight excluding hydrogens is 251 g/mol. The van der Waals surface area contributed by atoms with E-state index >= 15 is 0 Å². The minimum Gasteiger partial charge on any atom is -0.382 e. The van der Waals surface area contributed by atoms with Gasteiger partial charge in [-0.1, -0.05) is 23.2 Å². The van der Waals surface area contributed by atoms with Crippen LogP contribution in [0.15, 0.2) is 18.2 Å². The highest BCUT2D eigenvalue weighted by Crippen LogP contribution is 2.20. The van der Waals surface area contributed by atoms with Crippen molar-refractivity contribution in [1.29, 1.82) is 0 Å². The Hall–Kier alpha value is -0.810. The molecule has 0 aliphatic carbocycles. The number of aliphatic hydroxyl groups is 1. The lowest BCUT2D eigenvalue weighted by atomic mass is 10.0. The zero-order valence-electron chi connectivity index (χ0n) is 8.36. The van der Waals surface area contributed by atoms with Crippen molar-refractivity contribution in [2.24, 2.45) is 11.5 Å². The summed E-state index contributed by atoms with van der Waals surface area (Å²) in [4.78, 5) is 10.7. The van der Waals surface area contributed by atoms with Crippen LogP contribution in [0.5, 0.6) is 0 Å². The maximum Gasteiger partial charge on any atom is 0.247 e. The van der Waals surface area contributed by atoms with Crippen LogP contribution >= 0.6 is 23.2 Å². The highest BCUT2D eigenvalue weighted by Gasteiger charge is 2.20. The second kappa shape index (κ2) is 5.50. The fourth-order valence-electron chi connectivity index (χ4n) is 1.32. The summed E-state index contributed by atoms with van der Waals surface area (Å²) in [6.45, 7) is 0. The molecule has 6 heteroatoms. The summed E-state index contributed by atoms with van der Waals surface area (Å²) < 4.78 is 0. The van der Waals surface area contributed by atoms with E-state index in [1.165, 1.54) is 0 Å². The summed E-state index contributed by atoms with van der Waals surface area (Å²) in [5.74, 6) is -0.847. The van der Waals surface area contributed by atoms with E-state index in [2.05, 4.69) is 0 Å². The first-order valence-corrected chi connectivity index (χ1v) is 5.33. The van der Waals surface area contributed by atoms with Gasteiger partial charge in [0.15, 0.2) is 0 Å². The second-order valence-corrected chi connectivity index (χ2v) is 4.37. The fraction of sp³-hybridized carbons (Fsp3) is 0.300. The Morgan fingerprint density at radius 1 is 1.31 bits per heavy atom. The van der Waals surface area contributed by atoms with Crippen molar-refractivity contribution in [2.45, 2.75) is 18.6 Å². The maximum absolute atomic E-state index is 10.7. The van der Waals surface area contributed by atoms with Crippen molar-refractivity contribution in [2.75, 3.05) is 0 Å². The monoisotopic (exact) mass is 262 g/mol. The van der Waals surface area contributed by atoms with Crippen LogP contribution in [0.1, 0.15) is 5.56 Å². The Labute approximate surface area is 103 Å². The van der Waals surface area contributed by atoms with Crippen molar-refractivity contribution in [3.63, 3.8) is 0 Å². The zero-order valence-corrected chi connectivity index (χ0v) is 9.87. The number of carbonyl (C=O) groups is 1. The molecule has 1 aromatic rings. The van der Waals surface area contributed by atoms with Gasteiger partial charge in [0.05, 0.1) is 0 Å². The molecule has 0 saturated heterocycles. The molecule has 0 bridgehead atoms. The molecule has 2 atom stereocenters. The van der Waals surface area contributed by atoms with Crippen LogP contribution in [0.3, 0.4) is 0 Å². The van der Waals surface area contributed by atoms with Gasteiger partial charge in [0.1, 0.15) is 6.10 Å². The molecule has 0 aromatic heterocycles. The third kappa shape index (κ3) is 3.64. The molecule has 5 N–H and O–H groups in total. The number of nitrogens with two attached hydrogens (primary N) is 2. The average molecular weight is 263 g/mol. The standard InChI is InChI=1S/C10H12Cl2N2O2/c11-6-1-5(2-7(12)4-6)3-8(13)9(15)10(14)16/h1-2,4,8-9,15H,3,13H2,(H2,14,16)/t8-,9?/m0/s1. The first-order chi connectivity index (χ1) is 7.40. The fourth-order valence-corrected chi connectivity index (χ4v) is 1.89. The predicted molar refractivity (Wildman–Crippen MR) is 63.3 cm³/mol. The van der Waals surface area contributed by atoms with Crippen LogP contribution in [0.25, 0.3) is 0 Å². The van der Waals surface area contributed by atoms with Crippen molar-refractivity contribution < 1.29 is 9.90 Å². The van der Waals surface area contributed by atoms with Crippen LogP contribution in [-0.2, 0) is 11.2 Å². The first-order valence-electron chi connectivity index (χ1n) is 4.58. The van der Waals surface area contributed by atoms with Crippen LogP contribution < -0.4 is 11.5 Å². The number of halogens is 2. The smallest absolute Gasteiger partial charge is 0.247 e. The Morgan fingerprint density at radius 2 is 1.81 bits per heavy atom. The molecule has 0 saturated carbocycles. The molecule has 1 aromatic carbocycles. The number of amides is 1. The number of hydrogen-bond donors (Lipinski definition) is 3. The molecule has 0 aliphatic heterocycles. The van der Waals surface area contributed by atoms with Crippen LogP contribution in [0, 0.1) is 0 Å². The molecule has 4 nitrogen and oxygen atoms in total. The summed E-state index contributed by atoms with van der Waals surface area (Å²) in [7, 11) is 0. The molecular formula is C10H12Cl2N2O2. The van der Waals surface area contributed by atoms with E-state index in [0.717, 1.165) is 5.56 Å². The highest BCUT2D eigenvalue weighted by atomic mass is 35.5. The third-order valence-corrected chi connectivity index (χ3v) is 2.53. The van der Waals surface area contributed by atoms with Crippen LogP contribution in [0.4, 0.5) is 0 Å². The molecule has 0 spiro atoms. The lowest BCUT2D eigenvalue weighted by molar-refractivity contribution is -0.126. The zero-order chi connectivity index (χ0) is 12.3. The average Bonchev–Trinajstić information content (AvgIpc) is 2.14. The number of benzene rings is 1. The van der Waals surface area contributed by atoms with E-state index in [9.17, 15) is 9.90 Å². The normalized spacial score (nSPS) is 14.5. The minimum absolute atomic E-state index is 0.268. The summed E-state index contributed by atoms with van der Waals surface area (Å²) in [6, 6.07) is 4.15. The van der Waals surface area contributed by atoms with Crippen molar-refractivity contribution >= 4 is 29.1 Å². The quantitative estimate of drug-likeness (QED) is 0.747. The van der Waals surface area contributed by atoms with Gasteiger partial charge in [0.25, 0.3) is 0 Å². The topological polar surface area (TPSA) is 89.3 Å². The van der Waals surface area contributed by atoms with Gasteiger partial charge in [0.2, 0.25) is 5.91 Å². The molecule has 0 heterocycles. The van der Waals surface area contributed by atoms with Gasteiger partial charge in [0, 0.05) is 16.1 Å². The second-order valence-electron chi connectivity index (χ2n) is 3.49. The number of primary amides is 1. The van der Waals surface area contributed by atoms with Gasteiger partial charge >= 0.3 is 0 Å². The molecule has 0 aliphatic rings. The summed E-state index contributed by atoms with van der Waals surface area (Å²) >= 11 is 11.6. The SMILES string of the molecule is NC(=O)C(O)[C@@H](N)Cc1cc(Cl)cc(Cl)c1. The van der Waals surface area contributed by atoms with Gasteiger partial charge in [-0.2, -0.15) is 0 Å². The first kappa shape index (κ1) is 13.3. The van der Waals surface area contributed by atoms with E-state index in [1.807, 2.05) is 0 Å². The molecule has 88 valence electrons. The van der Waals surface area contributed by atoms with Gasteiger partial charge in [-0.15, -0.1) is 0 Å². The van der Waals surface area contributed by atoms with Gasteiger partial charge in [-0.05, 0) is 30.2 Å². The van der Waals surface area contributed by atoms with Gasteiger partial charge < -0.3 is 16.6 Å². The predicted octanol–water partition coefficient (Wildman–Crippen LogP) is 0.709. The Balaban J connectivity index is 2.76. The molecule has 1 unspecified atom stereocenters. The van der Waals surface area contributed by atoms with E-state index in [-0.39, 0.29) is 6.42 Å². The van der Waals surface area contributed by atoms with Gasteiger partial charge in [-0.3, -0.25) is 4.79 Å². The van der Waals surface area contributed by atoms with Crippen molar-refractivity contribution in [3.8, 4) is 0 Å². The number of rotatable bonds is 4. The molecule has 16 heavy (non-hydrogen) atoms. The lowest BCUT2D eigenvalue weighted by Gasteiger charge is -2.16. The minimum atomic E-state index is -1.38. The van der Waals surface area contributed by atoms with Gasteiger partial charge in [-0.25, -0.2) is 0 Å². The number of hydrogen-bond acceptors (Lipinski definition) is 3. The lowest BCUT2D eigenvalue weighted by Crippen LogP contribution is -2.45. The van der Waals surface area contributed by atoms with E-state index < -0.39 is 18.1 Å². The third-order valence-electron chi connectivity index (χ3n) is 2.09. The summed E-state index contributed by atoms with van der Waals surface area (Å²) in [6.07, 6.45) is -1.11. The molecule has 1 amide bonds.